The smallest absolute Gasteiger partial charge is 0.217 e. The van der Waals surface area contributed by atoms with Gasteiger partial charge in [0.15, 0.2) is 0 Å². The van der Waals surface area contributed by atoms with Gasteiger partial charge in [-0.15, -0.1) is 0 Å². The number of hydrogen-bond donors (Lipinski definition) is 0. The Balaban J connectivity index is 2.28. The third-order valence-corrected chi connectivity index (χ3v) is 4.14. The topological polar surface area (TPSA) is 37.7 Å². The SMILES string of the molecule is CCc1cc(/N=C/N(C)CC)c(C)nc1OC(C)c1cc(F)cc(F)c1. The number of aromatic nitrogens is 1. The number of nitrogens with zero attached hydrogens (tertiary/aromatic N) is 3. The van der Waals surface area contributed by atoms with Gasteiger partial charge in [0.1, 0.15) is 17.7 Å². The minimum atomic E-state index is -0.625. The zero-order chi connectivity index (χ0) is 19.3. The van der Waals surface area contributed by atoms with Crippen molar-refractivity contribution in [1.82, 2.24) is 9.88 Å². The zero-order valence-corrected chi connectivity index (χ0v) is 15.9. The molecule has 1 aromatic heterocycles. The molecule has 0 spiro atoms. The molecule has 0 aliphatic rings. The number of ether oxygens (including phenoxy) is 1. The monoisotopic (exact) mass is 361 g/mol. The molecule has 6 heteroatoms. The van der Waals surface area contributed by atoms with Crippen LogP contribution in [0.4, 0.5) is 14.5 Å². The van der Waals surface area contributed by atoms with E-state index >= 15 is 0 Å². The van der Waals surface area contributed by atoms with Crippen LogP contribution >= 0.6 is 0 Å². The Morgan fingerprint density at radius 3 is 2.42 bits per heavy atom. The lowest BCUT2D eigenvalue weighted by atomic mass is 10.1. The largest absolute Gasteiger partial charge is 0.470 e. The molecule has 0 radical (unpaired) electrons. The average Bonchev–Trinajstić information content (AvgIpc) is 2.59. The Hall–Kier alpha value is -2.50. The molecular weight excluding hydrogens is 336 g/mol. The first kappa shape index (κ1) is 19.8. The molecular formula is C20H25F2N3O. The van der Waals surface area contributed by atoms with Gasteiger partial charge >= 0.3 is 0 Å². The molecule has 140 valence electrons. The van der Waals surface area contributed by atoms with Crippen LogP contribution in [0.2, 0.25) is 0 Å². The van der Waals surface area contributed by atoms with E-state index in [2.05, 4.69) is 9.98 Å². The van der Waals surface area contributed by atoms with Crippen LogP contribution in [0.1, 0.15) is 43.7 Å². The molecule has 2 rings (SSSR count). The average molecular weight is 361 g/mol. The van der Waals surface area contributed by atoms with Crippen LogP contribution < -0.4 is 4.74 Å². The first-order valence-electron chi connectivity index (χ1n) is 8.71. The van der Waals surface area contributed by atoms with Gasteiger partial charge in [0.25, 0.3) is 0 Å². The second-order valence-corrected chi connectivity index (χ2v) is 6.19. The number of pyridine rings is 1. The predicted octanol–water partition coefficient (Wildman–Crippen LogP) is 4.98. The lowest BCUT2D eigenvalue weighted by Gasteiger charge is -2.18. The number of aliphatic imine (C=N–C) groups is 1. The highest BCUT2D eigenvalue weighted by Gasteiger charge is 2.15. The number of hydrogen-bond acceptors (Lipinski definition) is 3. The third kappa shape index (κ3) is 5.00. The molecule has 0 aliphatic heterocycles. The molecule has 1 atom stereocenters. The Morgan fingerprint density at radius 1 is 1.19 bits per heavy atom. The summed E-state index contributed by atoms with van der Waals surface area (Å²) in [5, 5.41) is 0. The van der Waals surface area contributed by atoms with E-state index in [1.165, 1.54) is 12.1 Å². The molecule has 0 aliphatic carbocycles. The van der Waals surface area contributed by atoms with E-state index in [0.29, 0.717) is 17.9 Å². The maximum atomic E-state index is 13.4. The van der Waals surface area contributed by atoms with E-state index in [1.54, 1.807) is 13.3 Å². The summed E-state index contributed by atoms with van der Waals surface area (Å²) in [5.41, 5.74) is 2.83. The fourth-order valence-corrected chi connectivity index (χ4v) is 2.39. The van der Waals surface area contributed by atoms with Crippen LogP contribution in [0.25, 0.3) is 0 Å². The van der Waals surface area contributed by atoms with Crippen molar-refractivity contribution in [2.24, 2.45) is 4.99 Å². The molecule has 0 saturated carbocycles. The van der Waals surface area contributed by atoms with Crippen molar-refractivity contribution < 1.29 is 13.5 Å². The molecule has 0 fully saturated rings. The van der Waals surface area contributed by atoms with Gasteiger partial charge in [-0.3, -0.25) is 0 Å². The first-order chi connectivity index (χ1) is 12.3. The van der Waals surface area contributed by atoms with Crippen LogP contribution in [0.15, 0.2) is 29.3 Å². The number of aryl methyl sites for hydroxylation is 2. The van der Waals surface area contributed by atoms with Gasteiger partial charge in [-0.1, -0.05) is 6.92 Å². The second-order valence-electron chi connectivity index (χ2n) is 6.19. The molecule has 0 bridgehead atoms. The highest BCUT2D eigenvalue weighted by Crippen LogP contribution is 2.29. The van der Waals surface area contributed by atoms with Crippen molar-refractivity contribution in [3.63, 3.8) is 0 Å². The van der Waals surface area contributed by atoms with Gasteiger partial charge < -0.3 is 9.64 Å². The Kier molecular flexibility index (Phi) is 6.66. The molecule has 1 unspecified atom stereocenters. The van der Waals surface area contributed by atoms with E-state index in [1.807, 2.05) is 38.8 Å². The third-order valence-electron chi connectivity index (χ3n) is 4.14. The lowest BCUT2D eigenvalue weighted by molar-refractivity contribution is 0.214. The lowest BCUT2D eigenvalue weighted by Crippen LogP contribution is -2.14. The van der Waals surface area contributed by atoms with E-state index in [0.717, 1.165) is 29.6 Å². The molecule has 1 aromatic carbocycles. The summed E-state index contributed by atoms with van der Waals surface area (Å²) in [7, 11) is 1.95. The van der Waals surface area contributed by atoms with Gasteiger partial charge in [-0.25, -0.2) is 18.8 Å². The summed E-state index contributed by atoms with van der Waals surface area (Å²) in [5.74, 6) is -0.787. The van der Waals surface area contributed by atoms with Crippen molar-refractivity contribution in [1.29, 1.82) is 0 Å². The summed E-state index contributed by atoms with van der Waals surface area (Å²) >= 11 is 0. The number of halogens is 2. The summed E-state index contributed by atoms with van der Waals surface area (Å²) in [4.78, 5) is 11.0. The zero-order valence-electron chi connectivity index (χ0n) is 15.9. The van der Waals surface area contributed by atoms with Crippen LogP contribution in [0, 0.1) is 18.6 Å². The Bertz CT molecular complexity index is 773. The predicted molar refractivity (Wildman–Crippen MR) is 100 cm³/mol. The van der Waals surface area contributed by atoms with E-state index in [4.69, 9.17) is 4.74 Å². The summed E-state index contributed by atoms with van der Waals surface area (Å²) in [6.07, 6.45) is 1.94. The van der Waals surface area contributed by atoms with Crippen molar-refractivity contribution >= 4 is 12.0 Å². The minimum absolute atomic E-state index is 0.427. The highest BCUT2D eigenvalue weighted by molar-refractivity contribution is 5.63. The number of benzene rings is 1. The van der Waals surface area contributed by atoms with Crippen LogP contribution in [-0.2, 0) is 6.42 Å². The molecule has 0 N–H and O–H groups in total. The van der Waals surface area contributed by atoms with Gasteiger partial charge in [-0.05, 0) is 51.0 Å². The number of rotatable bonds is 7. The Labute approximate surface area is 153 Å². The van der Waals surface area contributed by atoms with E-state index in [9.17, 15) is 8.78 Å². The quantitative estimate of drug-likeness (QED) is 0.515. The second kappa shape index (κ2) is 8.74. The van der Waals surface area contributed by atoms with Gasteiger partial charge in [-0.2, -0.15) is 0 Å². The Morgan fingerprint density at radius 2 is 1.85 bits per heavy atom. The summed E-state index contributed by atoms with van der Waals surface area (Å²) in [6.45, 7) is 8.50. The van der Waals surface area contributed by atoms with Gasteiger partial charge in [0.2, 0.25) is 5.88 Å². The molecule has 1 heterocycles. The fourth-order valence-electron chi connectivity index (χ4n) is 2.39. The van der Waals surface area contributed by atoms with Crippen LogP contribution in [0.5, 0.6) is 5.88 Å². The molecule has 26 heavy (non-hydrogen) atoms. The van der Waals surface area contributed by atoms with Gasteiger partial charge in [0, 0.05) is 25.2 Å². The van der Waals surface area contributed by atoms with E-state index < -0.39 is 17.7 Å². The highest BCUT2D eigenvalue weighted by atomic mass is 19.1. The standard InChI is InChI=1S/C20H25F2N3O/c1-6-15-10-19(23-12-25(5)7-2)13(3)24-20(15)26-14(4)16-8-17(21)11-18(22)9-16/h8-12,14H,6-7H2,1-5H3/b23-12+. The van der Waals surface area contributed by atoms with Crippen LogP contribution in [-0.4, -0.2) is 29.8 Å². The van der Waals surface area contributed by atoms with Crippen molar-refractivity contribution in [3.05, 3.63) is 52.7 Å². The van der Waals surface area contributed by atoms with E-state index in [-0.39, 0.29) is 0 Å². The first-order valence-corrected chi connectivity index (χ1v) is 8.71. The van der Waals surface area contributed by atoms with Crippen molar-refractivity contribution in [2.75, 3.05) is 13.6 Å². The van der Waals surface area contributed by atoms with Crippen LogP contribution in [0.3, 0.4) is 0 Å². The van der Waals surface area contributed by atoms with Crippen molar-refractivity contribution in [2.45, 2.75) is 40.2 Å². The summed E-state index contributed by atoms with van der Waals surface area (Å²) in [6, 6.07) is 5.32. The maximum Gasteiger partial charge on any atom is 0.217 e. The molecule has 4 nitrogen and oxygen atoms in total. The summed E-state index contributed by atoms with van der Waals surface area (Å²) < 4.78 is 32.8. The molecule has 0 amide bonds. The fraction of sp³-hybridized carbons (Fsp3) is 0.400. The molecule has 0 saturated heterocycles. The minimum Gasteiger partial charge on any atom is -0.470 e. The van der Waals surface area contributed by atoms with Gasteiger partial charge in [0.05, 0.1) is 17.7 Å². The molecule has 2 aromatic rings. The van der Waals surface area contributed by atoms with Crippen molar-refractivity contribution in [3.8, 4) is 5.88 Å². The maximum absolute atomic E-state index is 13.4. The normalized spacial score (nSPS) is 12.4.